The molecule has 0 radical (unpaired) electrons. The van der Waals surface area contributed by atoms with Crippen LogP contribution in [0.2, 0.25) is 0 Å². The normalized spacial score (nSPS) is 13.2. The first-order valence-corrected chi connectivity index (χ1v) is 6.79. The monoisotopic (exact) mass is 273 g/mol. The van der Waals surface area contributed by atoms with Crippen molar-refractivity contribution in [2.45, 2.75) is 13.0 Å². The first-order valence-electron chi connectivity index (χ1n) is 6.79. The SMILES string of the molecule is CNC.Fc1ccc(-c2cccc3c2COCC3)cc1. The van der Waals surface area contributed by atoms with Crippen molar-refractivity contribution in [2.75, 3.05) is 20.7 Å². The van der Waals surface area contributed by atoms with E-state index >= 15 is 0 Å². The highest BCUT2D eigenvalue weighted by atomic mass is 19.1. The summed E-state index contributed by atoms with van der Waals surface area (Å²) >= 11 is 0. The molecule has 0 bridgehead atoms. The van der Waals surface area contributed by atoms with Gasteiger partial charge in [0.05, 0.1) is 13.2 Å². The highest BCUT2D eigenvalue weighted by Gasteiger charge is 2.13. The van der Waals surface area contributed by atoms with Crippen LogP contribution in [0.15, 0.2) is 42.5 Å². The first-order chi connectivity index (χ1) is 9.76. The minimum Gasteiger partial charge on any atom is -0.376 e. The van der Waals surface area contributed by atoms with E-state index in [1.807, 2.05) is 26.2 Å². The van der Waals surface area contributed by atoms with Gasteiger partial charge < -0.3 is 10.1 Å². The number of fused-ring (bicyclic) bond motifs is 1. The number of nitrogens with one attached hydrogen (secondary N) is 1. The molecule has 1 aliphatic rings. The Bertz CT molecular complexity index is 551. The van der Waals surface area contributed by atoms with Gasteiger partial charge in [-0.25, -0.2) is 4.39 Å². The summed E-state index contributed by atoms with van der Waals surface area (Å²) in [7, 11) is 3.75. The van der Waals surface area contributed by atoms with Crippen molar-refractivity contribution in [3.63, 3.8) is 0 Å². The molecule has 0 saturated carbocycles. The van der Waals surface area contributed by atoms with Crippen molar-refractivity contribution < 1.29 is 9.13 Å². The highest BCUT2D eigenvalue weighted by Crippen LogP contribution is 2.29. The second-order valence-electron chi connectivity index (χ2n) is 4.75. The molecule has 0 fully saturated rings. The molecule has 1 aliphatic heterocycles. The van der Waals surface area contributed by atoms with Crippen LogP contribution < -0.4 is 5.32 Å². The molecular formula is C17H20FNO. The van der Waals surface area contributed by atoms with Crippen LogP contribution >= 0.6 is 0 Å². The zero-order valence-corrected chi connectivity index (χ0v) is 11.9. The molecule has 0 amide bonds. The third kappa shape index (κ3) is 3.44. The topological polar surface area (TPSA) is 21.3 Å². The number of halogens is 1. The quantitative estimate of drug-likeness (QED) is 0.860. The summed E-state index contributed by atoms with van der Waals surface area (Å²) in [6, 6.07) is 12.9. The van der Waals surface area contributed by atoms with Gasteiger partial charge in [-0.15, -0.1) is 0 Å². The van der Waals surface area contributed by atoms with Crippen molar-refractivity contribution in [1.29, 1.82) is 0 Å². The zero-order chi connectivity index (χ0) is 14.4. The van der Waals surface area contributed by atoms with Gasteiger partial charge in [0.15, 0.2) is 0 Å². The molecular weight excluding hydrogens is 253 g/mol. The van der Waals surface area contributed by atoms with E-state index in [2.05, 4.69) is 23.5 Å². The fraction of sp³-hybridized carbons (Fsp3) is 0.294. The molecule has 20 heavy (non-hydrogen) atoms. The molecule has 2 nitrogen and oxygen atoms in total. The molecule has 3 heteroatoms. The predicted molar refractivity (Wildman–Crippen MR) is 80.2 cm³/mol. The average Bonchev–Trinajstić information content (AvgIpc) is 2.48. The Hall–Kier alpha value is -1.71. The molecule has 2 aromatic carbocycles. The number of ether oxygens (including phenoxy) is 1. The van der Waals surface area contributed by atoms with Crippen molar-refractivity contribution in [1.82, 2.24) is 5.32 Å². The van der Waals surface area contributed by atoms with Crippen molar-refractivity contribution in [2.24, 2.45) is 0 Å². The average molecular weight is 273 g/mol. The zero-order valence-electron chi connectivity index (χ0n) is 11.9. The van der Waals surface area contributed by atoms with Crippen LogP contribution in [0.25, 0.3) is 11.1 Å². The lowest BCUT2D eigenvalue weighted by Gasteiger charge is -2.19. The predicted octanol–water partition coefficient (Wildman–Crippen LogP) is 3.40. The molecule has 3 rings (SSSR count). The lowest BCUT2D eigenvalue weighted by molar-refractivity contribution is 0.111. The van der Waals surface area contributed by atoms with E-state index in [4.69, 9.17) is 4.74 Å². The minimum atomic E-state index is -0.199. The number of hydrogen-bond donors (Lipinski definition) is 1. The number of rotatable bonds is 1. The molecule has 0 atom stereocenters. The fourth-order valence-corrected chi connectivity index (χ4v) is 2.30. The molecule has 106 valence electrons. The van der Waals surface area contributed by atoms with E-state index in [0.717, 1.165) is 24.2 Å². The van der Waals surface area contributed by atoms with Gasteiger partial charge >= 0.3 is 0 Å². The Balaban J connectivity index is 0.000000452. The second kappa shape index (κ2) is 7.17. The number of hydrogen-bond acceptors (Lipinski definition) is 2. The van der Waals surface area contributed by atoms with E-state index in [1.54, 1.807) is 0 Å². The fourth-order valence-electron chi connectivity index (χ4n) is 2.30. The van der Waals surface area contributed by atoms with Gasteiger partial charge in [-0.1, -0.05) is 30.3 Å². The summed E-state index contributed by atoms with van der Waals surface area (Å²) in [4.78, 5) is 0. The molecule has 0 aliphatic carbocycles. The van der Waals surface area contributed by atoms with Gasteiger partial charge in [-0.2, -0.15) is 0 Å². The van der Waals surface area contributed by atoms with Crippen LogP contribution in [0.3, 0.4) is 0 Å². The molecule has 0 aromatic heterocycles. The molecule has 0 unspecified atom stereocenters. The van der Waals surface area contributed by atoms with Crippen LogP contribution in [0.5, 0.6) is 0 Å². The Kier molecular flexibility index (Phi) is 5.27. The Morgan fingerprint density at radius 1 is 1.05 bits per heavy atom. The third-order valence-corrected chi connectivity index (χ3v) is 3.19. The van der Waals surface area contributed by atoms with Crippen LogP contribution in [0.1, 0.15) is 11.1 Å². The maximum atomic E-state index is 12.9. The van der Waals surface area contributed by atoms with E-state index in [1.165, 1.54) is 23.3 Å². The van der Waals surface area contributed by atoms with E-state index in [9.17, 15) is 4.39 Å². The molecule has 1 N–H and O–H groups in total. The van der Waals surface area contributed by atoms with E-state index < -0.39 is 0 Å². The molecule has 2 aromatic rings. The standard InChI is InChI=1S/C15H13FO.C2H7N/c16-13-6-4-12(5-7-13)14-3-1-2-11-8-9-17-10-15(11)14;1-3-2/h1-7H,8-10H2;3H,1-2H3. The summed E-state index contributed by atoms with van der Waals surface area (Å²) < 4.78 is 18.4. The third-order valence-electron chi connectivity index (χ3n) is 3.19. The second-order valence-corrected chi connectivity index (χ2v) is 4.75. The van der Waals surface area contributed by atoms with Crippen molar-refractivity contribution >= 4 is 0 Å². The maximum Gasteiger partial charge on any atom is 0.123 e. The summed E-state index contributed by atoms with van der Waals surface area (Å²) in [5.41, 5.74) is 4.79. The molecule has 0 saturated heterocycles. The summed E-state index contributed by atoms with van der Waals surface area (Å²) in [5.74, 6) is -0.199. The van der Waals surface area contributed by atoms with Gasteiger partial charge in [-0.3, -0.25) is 0 Å². The van der Waals surface area contributed by atoms with Crippen molar-refractivity contribution in [3.05, 3.63) is 59.4 Å². The maximum absolute atomic E-state index is 12.9. The van der Waals surface area contributed by atoms with Gasteiger partial charge in [0, 0.05) is 0 Å². The van der Waals surface area contributed by atoms with E-state index in [0.29, 0.717) is 6.61 Å². The van der Waals surface area contributed by atoms with Crippen LogP contribution in [-0.2, 0) is 17.8 Å². The van der Waals surface area contributed by atoms with Crippen LogP contribution in [-0.4, -0.2) is 20.7 Å². The Labute approximate surface area is 119 Å². The van der Waals surface area contributed by atoms with E-state index in [-0.39, 0.29) is 5.82 Å². The number of benzene rings is 2. The largest absolute Gasteiger partial charge is 0.376 e. The Morgan fingerprint density at radius 3 is 2.45 bits per heavy atom. The van der Waals surface area contributed by atoms with Gasteiger partial charge in [0.1, 0.15) is 5.82 Å². The van der Waals surface area contributed by atoms with Gasteiger partial charge in [0.25, 0.3) is 0 Å². The molecule has 1 heterocycles. The first kappa shape index (κ1) is 14.7. The lowest BCUT2D eigenvalue weighted by Crippen LogP contribution is -2.10. The Morgan fingerprint density at radius 2 is 1.75 bits per heavy atom. The van der Waals surface area contributed by atoms with Crippen LogP contribution in [0, 0.1) is 5.82 Å². The van der Waals surface area contributed by atoms with Crippen molar-refractivity contribution in [3.8, 4) is 11.1 Å². The lowest BCUT2D eigenvalue weighted by atomic mass is 9.93. The van der Waals surface area contributed by atoms with Crippen LogP contribution in [0.4, 0.5) is 4.39 Å². The highest BCUT2D eigenvalue weighted by molar-refractivity contribution is 5.68. The smallest absolute Gasteiger partial charge is 0.123 e. The summed E-state index contributed by atoms with van der Waals surface area (Å²) in [5, 5.41) is 2.75. The molecule has 0 spiro atoms. The minimum absolute atomic E-state index is 0.199. The summed E-state index contributed by atoms with van der Waals surface area (Å²) in [6.45, 7) is 1.45. The van der Waals surface area contributed by atoms with Gasteiger partial charge in [-0.05, 0) is 54.9 Å². The van der Waals surface area contributed by atoms with Gasteiger partial charge in [0.2, 0.25) is 0 Å². The summed E-state index contributed by atoms with van der Waals surface area (Å²) in [6.07, 6.45) is 0.963.